The van der Waals surface area contributed by atoms with Crippen molar-refractivity contribution in [3.8, 4) is 0 Å². The number of pyridine rings is 1. The molecule has 0 bridgehead atoms. The maximum absolute atomic E-state index is 12.2. The fraction of sp³-hybridized carbons (Fsp3) is 0.286. The number of nitrogens with one attached hydrogen (secondary N) is 1. The molecular weight excluding hydrogens is 285 g/mol. The summed E-state index contributed by atoms with van der Waals surface area (Å²) in [6.45, 7) is 0.384. The van der Waals surface area contributed by atoms with Gasteiger partial charge in [0.05, 0.1) is 0 Å². The normalized spacial score (nSPS) is 11.7. The number of fused-ring (bicyclic) bond motifs is 1. The van der Waals surface area contributed by atoms with Crippen molar-refractivity contribution in [3.63, 3.8) is 0 Å². The van der Waals surface area contributed by atoms with Crippen molar-refractivity contribution >= 4 is 16.7 Å². The van der Waals surface area contributed by atoms with Gasteiger partial charge >= 0.3 is 6.18 Å². The minimum absolute atomic E-state index is 0.111. The lowest BCUT2D eigenvalue weighted by Gasteiger charge is -2.12. The number of hydrogen-bond acceptors (Lipinski definition) is 2. The summed E-state index contributed by atoms with van der Waals surface area (Å²) in [5.74, 6) is -0.936. The average Bonchev–Trinajstić information content (AvgIpc) is 2.40. The molecule has 1 heterocycles. The van der Waals surface area contributed by atoms with Crippen molar-refractivity contribution < 1.29 is 18.0 Å². The molecule has 112 valence electrons. The van der Waals surface area contributed by atoms with E-state index in [0.717, 1.165) is 10.1 Å². The largest absolute Gasteiger partial charge is 0.405 e. The Morgan fingerprint density at radius 1 is 1.29 bits per heavy atom. The Morgan fingerprint density at radius 3 is 2.57 bits per heavy atom. The lowest BCUT2D eigenvalue weighted by atomic mass is 10.1. The molecule has 2 rings (SSSR count). The van der Waals surface area contributed by atoms with Crippen molar-refractivity contribution in [2.45, 2.75) is 13.1 Å². The number of aryl methyl sites for hydroxylation is 1. The smallest absolute Gasteiger partial charge is 0.342 e. The highest BCUT2D eigenvalue weighted by Crippen LogP contribution is 2.15. The number of carbonyl (C=O) groups excluding carboxylic acids is 1. The van der Waals surface area contributed by atoms with E-state index in [1.54, 1.807) is 23.5 Å². The highest BCUT2D eigenvalue weighted by atomic mass is 19.4. The van der Waals surface area contributed by atoms with Crippen molar-refractivity contribution in [1.29, 1.82) is 0 Å². The molecule has 1 aromatic heterocycles. The fourth-order valence-electron chi connectivity index (χ4n) is 2.00. The van der Waals surface area contributed by atoms with Gasteiger partial charge in [-0.15, -0.1) is 0 Å². The number of halogens is 3. The van der Waals surface area contributed by atoms with Crippen LogP contribution in [0.3, 0.4) is 0 Å². The predicted octanol–water partition coefficient (Wildman–Crippen LogP) is 2.14. The fourth-order valence-corrected chi connectivity index (χ4v) is 2.00. The zero-order valence-electron chi connectivity index (χ0n) is 11.4. The van der Waals surface area contributed by atoms with E-state index < -0.39 is 24.2 Å². The quantitative estimate of drug-likeness (QED) is 0.923. The van der Waals surface area contributed by atoms with Crippen molar-refractivity contribution in [1.82, 2.24) is 9.88 Å². The van der Waals surface area contributed by atoms with Gasteiger partial charge in [0.2, 0.25) is 0 Å². The van der Waals surface area contributed by atoms with Gasteiger partial charge < -0.3 is 9.88 Å². The third-order valence-electron chi connectivity index (χ3n) is 3.08. The summed E-state index contributed by atoms with van der Waals surface area (Å²) in [5.41, 5.74) is 0.350. The van der Waals surface area contributed by atoms with E-state index in [0.29, 0.717) is 10.8 Å². The summed E-state index contributed by atoms with van der Waals surface area (Å²) in [6.07, 6.45) is -4.50. The summed E-state index contributed by atoms with van der Waals surface area (Å²) in [6, 6.07) is 6.50. The molecule has 1 amide bonds. The molecule has 0 saturated heterocycles. The first-order chi connectivity index (χ1) is 9.69. The maximum atomic E-state index is 12.2. The van der Waals surface area contributed by atoms with Gasteiger partial charge in [0.1, 0.15) is 12.2 Å². The number of carbonyl (C=O) groups is 1. The van der Waals surface area contributed by atoms with Gasteiger partial charge in [-0.3, -0.25) is 9.59 Å². The second-order valence-corrected chi connectivity index (χ2v) is 4.78. The Bertz CT molecular complexity index is 763. The molecular formula is C14H13F3N2O2. The Morgan fingerprint density at radius 2 is 1.95 bits per heavy atom. The SMILES string of the molecule is Cc1ccc2cc(C(=O)NCC(F)(F)F)n(C)c(=O)c2c1. The standard InChI is InChI=1S/C14H13F3N2O2/c1-8-3-4-9-6-11(12(20)18-7-14(15,16)17)19(2)13(21)10(9)5-8/h3-6H,7H2,1-2H3,(H,18,20). The molecule has 0 unspecified atom stereocenters. The molecule has 21 heavy (non-hydrogen) atoms. The first-order valence-corrected chi connectivity index (χ1v) is 6.14. The molecule has 0 spiro atoms. The first-order valence-electron chi connectivity index (χ1n) is 6.14. The lowest BCUT2D eigenvalue weighted by Crippen LogP contribution is -2.36. The Labute approximate surface area is 118 Å². The number of benzene rings is 1. The van der Waals surface area contributed by atoms with E-state index in [2.05, 4.69) is 0 Å². The number of nitrogens with zero attached hydrogens (tertiary/aromatic N) is 1. The lowest BCUT2D eigenvalue weighted by molar-refractivity contribution is -0.123. The number of alkyl halides is 3. The van der Waals surface area contributed by atoms with E-state index in [1.807, 2.05) is 6.92 Å². The van der Waals surface area contributed by atoms with Gasteiger partial charge in [0.15, 0.2) is 0 Å². The Hall–Kier alpha value is -2.31. The predicted molar refractivity (Wildman–Crippen MR) is 72.3 cm³/mol. The molecule has 1 aromatic carbocycles. The second kappa shape index (κ2) is 5.23. The first kappa shape index (κ1) is 15.1. The van der Waals surface area contributed by atoms with Crippen LogP contribution >= 0.6 is 0 Å². The molecule has 0 saturated carbocycles. The van der Waals surface area contributed by atoms with Gasteiger partial charge in [-0.25, -0.2) is 0 Å². The van der Waals surface area contributed by atoms with Crippen LogP contribution in [-0.2, 0) is 7.05 Å². The molecule has 2 aromatic rings. The van der Waals surface area contributed by atoms with Crippen molar-refractivity contribution in [2.24, 2.45) is 7.05 Å². The van der Waals surface area contributed by atoms with Crippen molar-refractivity contribution in [3.05, 3.63) is 45.9 Å². The molecule has 0 atom stereocenters. The number of aromatic nitrogens is 1. The topological polar surface area (TPSA) is 51.1 Å². The molecule has 0 aliphatic heterocycles. The summed E-state index contributed by atoms with van der Waals surface area (Å²) >= 11 is 0. The summed E-state index contributed by atoms with van der Waals surface area (Å²) < 4.78 is 37.4. The van der Waals surface area contributed by atoms with Gasteiger partial charge in [0, 0.05) is 12.4 Å². The van der Waals surface area contributed by atoms with Gasteiger partial charge in [0.25, 0.3) is 11.5 Å². The van der Waals surface area contributed by atoms with Crippen molar-refractivity contribution in [2.75, 3.05) is 6.54 Å². The number of rotatable bonds is 2. The zero-order valence-corrected chi connectivity index (χ0v) is 11.4. The molecule has 4 nitrogen and oxygen atoms in total. The van der Waals surface area contributed by atoms with Crippen LogP contribution < -0.4 is 10.9 Å². The molecule has 0 aliphatic carbocycles. The monoisotopic (exact) mass is 298 g/mol. The van der Waals surface area contributed by atoms with Crippen LogP contribution in [0.5, 0.6) is 0 Å². The minimum atomic E-state index is -4.50. The zero-order chi connectivity index (χ0) is 15.8. The van der Waals surface area contributed by atoms with Crippen LogP contribution in [0.1, 0.15) is 16.1 Å². The van der Waals surface area contributed by atoms with Crippen LogP contribution in [0, 0.1) is 6.92 Å². The third kappa shape index (κ3) is 3.24. The molecule has 0 radical (unpaired) electrons. The van der Waals surface area contributed by atoms with E-state index in [4.69, 9.17) is 0 Å². The molecule has 0 fully saturated rings. The van der Waals surface area contributed by atoms with Gasteiger partial charge in [-0.2, -0.15) is 13.2 Å². The summed E-state index contributed by atoms with van der Waals surface area (Å²) in [4.78, 5) is 24.0. The molecule has 0 aliphatic rings. The van der Waals surface area contributed by atoms with Crippen LogP contribution in [0.2, 0.25) is 0 Å². The second-order valence-electron chi connectivity index (χ2n) is 4.78. The number of amides is 1. The Kier molecular flexibility index (Phi) is 3.76. The van der Waals surface area contributed by atoms with Gasteiger partial charge in [-0.1, -0.05) is 17.7 Å². The van der Waals surface area contributed by atoms with E-state index >= 15 is 0 Å². The average molecular weight is 298 g/mol. The Balaban J connectivity index is 2.46. The van der Waals surface area contributed by atoms with E-state index in [9.17, 15) is 22.8 Å². The van der Waals surface area contributed by atoms with E-state index in [-0.39, 0.29) is 5.69 Å². The maximum Gasteiger partial charge on any atom is 0.405 e. The summed E-state index contributed by atoms with van der Waals surface area (Å²) in [5, 5.41) is 2.70. The highest BCUT2D eigenvalue weighted by molar-refractivity contribution is 5.96. The van der Waals surface area contributed by atoms with Crippen LogP contribution in [0.25, 0.3) is 10.8 Å². The van der Waals surface area contributed by atoms with Crippen LogP contribution in [0.4, 0.5) is 13.2 Å². The minimum Gasteiger partial charge on any atom is -0.342 e. The summed E-state index contributed by atoms with van der Waals surface area (Å²) in [7, 11) is 1.35. The van der Waals surface area contributed by atoms with Crippen LogP contribution in [0.15, 0.2) is 29.1 Å². The van der Waals surface area contributed by atoms with Crippen LogP contribution in [-0.4, -0.2) is 23.2 Å². The third-order valence-corrected chi connectivity index (χ3v) is 3.08. The van der Waals surface area contributed by atoms with E-state index in [1.165, 1.54) is 13.1 Å². The number of hydrogen-bond donors (Lipinski definition) is 1. The highest BCUT2D eigenvalue weighted by Gasteiger charge is 2.28. The van der Waals surface area contributed by atoms with Gasteiger partial charge in [-0.05, 0) is 24.4 Å². The molecule has 7 heteroatoms. The molecule has 1 N–H and O–H groups in total.